The summed E-state index contributed by atoms with van der Waals surface area (Å²) in [4.78, 5) is 12.0. The second-order valence-corrected chi connectivity index (χ2v) is 4.04. The lowest BCUT2D eigenvalue weighted by molar-refractivity contribution is 0.102. The van der Waals surface area contributed by atoms with Gasteiger partial charge >= 0.3 is 0 Å². The Morgan fingerprint density at radius 1 is 1.22 bits per heavy atom. The van der Waals surface area contributed by atoms with Gasteiger partial charge in [-0.2, -0.15) is 0 Å². The van der Waals surface area contributed by atoms with E-state index in [1.54, 1.807) is 37.3 Å². The van der Waals surface area contributed by atoms with Crippen molar-refractivity contribution in [1.29, 1.82) is 0 Å². The lowest BCUT2D eigenvalue weighted by Gasteiger charge is -2.08. The van der Waals surface area contributed by atoms with Crippen LogP contribution in [0.3, 0.4) is 0 Å². The number of halogens is 1. The fourth-order valence-electron chi connectivity index (χ4n) is 1.71. The predicted octanol–water partition coefficient (Wildman–Crippen LogP) is 2.97. The minimum absolute atomic E-state index is 0.280. The van der Waals surface area contributed by atoms with Crippen molar-refractivity contribution in [3.8, 4) is 0 Å². The highest BCUT2D eigenvalue weighted by Gasteiger charge is 2.09. The average molecular weight is 244 g/mol. The molecular weight excluding hydrogens is 231 g/mol. The van der Waals surface area contributed by atoms with E-state index in [-0.39, 0.29) is 11.7 Å². The summed E-state index contributed by atoms with van der Waals surface area (Å²) in [6.45, 7) is 1.80. The summed E-state index contributed by atoms with van der Waals surface area (Å²) in [6.07, 6.45) is 0. The molecule has 2 aromatic rings. The molecule has 0 aromatic heterocycles. The monoisotopic (exact) mass is 244 g/mol. The molecule has 0 aliphatic carbocycles. The molecule has 1 amide bonds. The quantitative estimate of drug-likeness (QED) is 0.798. The number of anilines is 2. The molecule has 0 aliphatic rings. The van der Waals surface area contributed by atoms with Crippen LogP contribution in [0.2, 0.25) is 0 Å². The van der Waals surface area contributed by atoms with E-state index in [2.05, 4.69) is 5.32 Å². The summed E-state index contributed by atoms with van der Waals surface area (Å²) in [5.41, 5.74) is 7.96. The smallest absolute Gasteiger partial charge is 0.255 e. The largest absolute Gasteiger partial charge is 0.399 e. The minimum Gasteiger partial charge on any atom is -0.399 e. The molecule has 0 atom stereocenters. The van der Waals surface area contributed by atoms with Gasteiger partial charge in [-0.25, -0.2) is 4.39 Å². The number of benzene rings is 2. The Bertz CT molecular complexity index is 596. The molecule has 3 nitrogen and oxygen atoms in total. The molecule has 92 valence electrons. The molecule has 0 unspecified atom stereocenters. The van der Waals surface area contributed by atoms with Crippen LogP contribution in [0.15, 0.2) is 42.5 Å². The third-order valence-electron chi connectivity index (χ3n) is 2.58. The average Bonchev–Trinajstić information content (AvgIpc) is 2.28. The Balaban J connectivity index is 2.22. The summed E-state index contributed by atoms with van der Waals surface area (Å²) >= 11 is 0. The molecule has 0 radical (unpaired) electrons. The highest BCUT2D eigenvalue weighted by atomic mass is 19.1. The molecular formula is C14H13FN2O. The van der Waals surface area contributed by atoms with Crippen molar-refractivity contribution in [2.24, 2.45) is 0 Å². The number of rotatable bonds is 2. The second-order valence-electron chi connectivity index (χ2n) is 4.04. The van der Waals surface area contributed by atoms with Gasteiger partial charge in [-0.1, -0.05) is 6.07 Å². The maximum absolute atomic E-state index is 13.0. The van der Waals surface area contributed by atoms with Crippen LogP contribution in [0.25, 0.3) is 0 Å². The molecule has 3 N–H and O–H groups in total. The van der Waals surface area contributed by atoms with Crippen molar-refractivity contribution in [2.75, 3.05) is 11.1 Å². The van der Waals surface area contributed by atoms with Crippen molar-refractivity contribution in [3.05, 3.63) is 59.4 Å². The van der Waals surface area contributed by atoms with Gasteiger partial charge in [0.15, 0.2) is 0 Å². The van der Waals surface area contributed by atoms with Gasteiger partial charge in [-0.05, 0) is 48.9 Å². The number of nitrogen functional groups attached to an aromatic ring is 1. The van der Waals surface area contributed by atoms with Crippen molar-refractivity contribution >= 4 is 17.3 Å². The number of nitrogens with one attached hydrogen (secondary N) is 1. The van der Waals surface area contributed by atoms with Gasteiger partial charge in [0.05, 0.1) is 0 Å². The van der Waals surface area contributed by atoms with Gasteiger partial charge in [0, 0.05) is 16.9 Å². The lowest BCUT2D eigenvalue weighted by atomic mass is 10.1. The van der Waals surface area contributed by atoms with Crippen LogP contribution in [-0.4, -0.2) is 5.91 Å². The molecule has 4 heteroatoms. The van der Waals surface area contributed by atoms with Crippen molar-refractivity contribution < 1.29 is 9.18 Å². The number of hydrogen-bond acceptors (Lipinski definition) is 2. The fraction of sp³-hybridized carbons (Fsp3) is 0.0714. The van der Waals surface area contributed by atoms with Crippen LogP contribution < -0.4 is 11.1 Å². The van der Waals surface area contributed by atoms with E-state index in [0.717, 1.165) is 5.56 Å². The third-order valence-corrected chi connectivity index (χ3v) is 2.58. The molecule has 0 saturated heterocycles. The maximum Gasteiger partial charge on any atom is 0.255 e. The Morgan fingerprint density at radius 2 is 2.00 bits per heavy atom. The Morgan fingerprint density at radius 3 is 2.67 bits per heavy atom. The molecule has 0 saturated carbocycles. The zero-order valence-corrected chi connectivity index (χ0v) is 9.91. The number of aryl methyl sites for hydroxylation is 1. The van der Waals surface area contributed by atoms with Gasteiger partial charge in [-0.15, -0.1) is 0 Å². The van der Waals surface area contributed by atoms with E-state index in [0.29, 0.717) is 16.9 Å². The van der Waals surface area contributed by atoms with Crippen LogP contribution in [-0.2, 0) is 0 Å². The molecule has 0 bridgehead atoms. The highest BCUT2D eigenvalue weighted by Crippen LogP contribution is 2.15. The molecule has 18 heavy (non-hydrogen) atoms. The first-order valence-electron chi connectivity index (χ1n) is 5.49. The molecule has 0 aliphatic heterocycles. The normalized spacial score (nSPS) is 10.1. The number of amides is 1. The summed E-state index contributed by atoms with van der Waals surface area (Å²) < 4.78 is 13.0. The number of hydrogen-bond donors (Lipinski definition) is 2. The number of carbonyl (C=O) groups is 1. The van der Waals surface area contributed by atoms with Crippen LogP contribution in [0.1, 0.15) is 15.9 Å². The Hall–Kier alpha value is -2.36. The van der Waals surface area contributed by atoms with E-state index in [4.69, 9.17) is 5.73 Å². The van der Waals surface area contributed by atoms with E-state index in [9.17, 15) is 9.18 Å². The summed E-state index contributed by atoms with van der Waals surface area (Å²) in [5, 5.41) is 2.64. The van der Waals surface area contributed by atoms with E-state index in [1.807, 2.05) is 0 Å². The standard InChI is InChI=1S/C14H13FN2O/c1-9-7-11(16)5-6-13(9)14(18)17-12-4-2-3-10(15)8-12/h2-8H,16H2,1H3,(H,17,18). The fourth-order valence-corrected chi connectivity index (χ4v) is 1.71. The zero-order chi connectivity index (χ0) is 13.1. The van der Waals surface area contributed by atoms with Crippen LogP contribution in [0.5, 0.6) is 0 Å². The van der Waals surface area contributed by atoms with Crippen LogP contribution >= 0.6 is 0 Å². The molecule has 0 spiro atoms. The SMILES string of the molecule is Cc1cc(N)ccc1C(=O)Nc1cccc(F)c1. The highest BCUT2D eigenvalue weighted by molar-refractivity contribution is 6.05. The molecule has 2 aromatic carbocycles. The van der Waals surface area contributed by atoms with Crippen molar-refractivity contribution in [2.45, 2.75) is 6.92 Å². The molecule has 0 heterocycles. The first kappa shape index (κ1) is 12.1. The first-order chi connectivity index (χ1) is 8.56. The Kier molecular flexibility index (Phi) is 3.28. The van der Waals surface area contributed by atoms with Crippen molar-refractivity contribution in [1.82, 2.24) is 0 Å². The minimum atomic E-state index is -0.387. The molecule has 2 rings (SSSR count). The lowest BCUT2D eigenvalue weighted by Crippen LogP contribution is -2.13. The number of carbonyl (C=O) groups excluding carboxylic acids is 1. The third kappa shape index (κ3) is 2.66. The van der Waals surface area contributed by atoms with E-state index < -0.39 is 0 Å². The zero-order valence-electron chi connectivity index (χ0n) is 9.91. The van der Waals surface area contributed by atoms with Gasteiger partial charge in [-0.3, -0.25) is 4.79 Å². The van der Waals surface area contributed by atoms with E-state index in [1.165, 1.54) is 12.1 Å². The molecule has 0 fully saturated rings. The first-order valence-corrected chi connectivity index (χ1v) is 5.49. The topological polar surface area (TPSA) is 55.1 Å². The van der Waals surface area contributed by atoms with Crippen LogP contribution in [0, 0.1) is 12.7 Å². The second kappa shape index (κ2) is 4.87. The van der Waals surface area contributed by atoms with Gasteiger partial charge < -0.3 is 11.1 Å². The van der Waals surface area contributed by atoms with Crippen molar-refractivity contribution in [3.63, 3.8) is 0 Å². The maximum atomic E-state index is 13.0. The Labute approximate surface area is 104 Å². The number of nitrogens with two attached hydrogens (primary N) is 1. The summed E-state index contributed by atoms with van der Waals surface area (Å²) in [7, 11) is 0. The van der Waals surface area contributed by atoms with E-state index >= 15 is 0 Å². The van der Waals surface area contributed by atoms with Gasteiger partial charge in [0.1, 0.15) is 5.82 Å². The summed E-state index contributed by atoms with van der Waals surface area (Å²) in [6, 6.07) is 10.8. The van der Waals surface area contributed by atoms with Gasteiger partial charge in [0.2, 0.25) is 0 Å². The predicted molar refractivity (Wildman–Crippen MR) is 69.9 cm³/mol. The van der Waals surface area contributed by atoms with Crippen LogP contribution in [0.4, 0.5) is 15.8 Å². The summed E-state index contributed by atoms with van der Waals surface area (Å²) in [5.74, 6) is -0.667. The van der Waals surface area contributed by atoms with Gasteiger partial charge in [0.25, 0.3) is 5.91 Å².